The van der Waals surface area contributed by atoms with Gasteiger partial charge in [0.05, 0.1) is 22.3 Å². The number of hydrogen-bond acceptors (Lipinski definition) is 5. The van der Waals surface area contributed by atoms with Crippen molar-refractivity contribution in [2.45, 2.75) is 13.8 Å². The molecule has 3 rings (SSSR count). The Kier molecular flexibility index (Phi) is 2.71. The fourth-order valence-corrected chi connectivity index (χ4v) is 2.09. The number of nitrogens with zero attached hydrogens (tertiary/aromatic N) is 4. The van der Waals surface area contributed by atoms with Crippen molar-refractivity contribution < 1.29 is 5.11 Å². The number of rotatable bonds is 1. The van der Waals surface area contributed by atoms with Crippen molar-refractivity contribution in [1.29, 1.82) is 0 Å². The Labute approximate surface area is 114 Å². The lowest BCUT2D eigenvalue weighted by molar-refractivity contribution is 0.442. The standard InChI is InChI=1S/C14H12N4O2/c1-8-13(19)17-9(2)18(14(8)20)10-3-4-11-12(7-10)16-6-5-15-11/h3-7,19H,1-2H3. The maximum absolute atomic E-state index is 12.3. The third-order valence-corrected chi connectivity index (χ3v) is 3.16. The summed E-state index contributed by atoms with van der Waals surface area (Å²) in [6.45, 7) is 3.21. The van der Waals surface area contributed by atoms with Gasteiger partial charge in [-0.2, -0.15) is 4.98 Å². The third-order valence-electron chi connectivity index (χ3n) is 3.16. The highest BCUT2D eigenvalue weighted by Crippen LogP contribution is 2.16. The van der Waals surface area contributed by atoms with Crippen LogP contribution >= 0.6 is 0 Å². The summed E-state index contributed by atoms with van der Waals surface area (Å²) in [5.74, 6) is 0.186. The van der Waals surface area contributed by atoms with Crippen LogP contribution in [0.25, 0.3) is 16.7 Å². The quantitative estimate of drug-likeness (QED) is 0.723. The molecule has 6 nitrogen and oxygen atoms in total. The Bertz CT molecular complexity index is 871. The molecule has 2 heterocycles. The van der Waals surface area contributed by atoms with Gasteiger partial charge in [-0.25, -0.2) is 0 Å². The van der Waals surface area contributed by atoms with Crippen LogP contribution in [0.1, 0.15) is 11.4 Å². The van der Waals surface area contributed by atoms with Gasteiger partial charge in [-0.3, -0.25) is 19.3 Å². The normalized spacial score (nSPS) is 10.9. The van der Waals surface area contributed by atoms with Crippen LogP contribution < -0.4 is 5.56 Å². The highest BCUT2D eigenvalue weighted by molar-refractivity contribution is 5.76. The van der Waals surface area contributed by atoms with E-state index in [0.717, 1.165) is 5.52 Å². The van der Waals surface area contributed by atoms with E-state index in [1.54, 1.807) is 44.4 Å². The molecule has 20 heavy (non-hydrogen) atoms. The lowest BCUT2D eigenvalue weighted by Crippen LogP contribution is -2.24. The van der Waals surface area contributed by atoms with Gasteiger partial charge in [0.2, 0.25) is 5.88 Å². The molecule has 0 bridgehead atoms. The van der Waals surface area contributed by atoms with E-state index in [9.17, 15) is 9.90 Å². The zero-order valence-electron chi connectivity index (χ0n) is 11.0. The number of hydrogen-bond donors (Lipinski definition) is 1. The fraction of sp³-hybridized carbons (Fsp3) is 0.143. The van der Waals surface area contributed by atoms with Gasteiger partial charge >= 0.3 is 0 Å². The number of aromatic hydroxyl groups is 1. The molecule has 0 atom stereocenters. The lowest BCUT2D eigenvalue weighted by Gasteiger charge is -2.11. The van der Waals surface area contributed by atoms with Crippen molar-refractivity contribution in [3.8, 4) is 11.6 Å². The topological polar surface area (TPSA) is 80.9 Å². The molecule has 0 saturated heterocycles. The van der Waals surface area contributed by atoms with Gasteiger partial charge in [0, 0.05) is 12.4 Å². The Balaban J connectivity index is 2.31. The SMILES string of the molecule is Cc1c(O)nc(C)n(-c2ccc3nccnc3c2)c1=O. The summed E-state index contributed by atoms with van der Waals surface area (Å²) in [6.07, 6.45) is 3.22. The third kappa shape index (κ3) is 1.82. The van der Waals surface area contributed by atoms with E-state index in [1.807, 2.05) is 0 Å². The maximum atomic E-state index is 12.3. The molecule has 0 amide bonds. The summed E-state index contributed by atoms with van der Waals surface area (Å²) in [7, 11) is 0. The summed E-state index contributed by atoms with van der Waals surface area (Å²) in [5, 5.41) is 9.58. The van der Waals surface area contributed by atoms with Crippen LogP contribution in [0.5, 0.6) is 5.88 Å². The molecule has 0 saturated carbocycles. The first-order valence-electron chi connectivity index (χ1n) is 6.08. The van der Waals surface area contributed by atoms with Crippen LogP contribution in [-0.2, 0) is 0 Å². The molecule has 0 aliphatic carbocycles. The second-order valence-electron chi connectivity index (χ2n) is 4.48. The fourth-order valence-electron chi connectivity index (χ4n) is 2.09. The molecular weight excluding hydrogens is 256 g/mol. The van der Waals surface area contributed by atoms with Crippen molar-refractivity contribution in [3.05, 3.63) is 52.3 Å². The minimum Gasteiger partial charge on any atom is -0.493 e. The Morgan fingerprint density at radius 1 is 1.10 bits per heavy atom. The van der Waals surface area contributed by atoms with Crippen LogP contribution in [0, 0.1) is 13.8 Å². The van der Waals surface area contributed by atoms with E-state index < -0.39 is 0 Å². The molecule has 0 radical (unpaired) electrons. The molecule has 0 fully saturated rings. The summed E-state index contributed by atoms with van der Waals surface area (Å²) >= 11 is 0. The van der Waals surface area contributed by atoms with Crippen LogP contribution in [0.15, 0.2) is 35.4 Å². The predicted octanol–water partition coefficient (Wildman–Crippen LogP) is 1.50. The first kappa shape index (κ1) is 12.3. The molecule has 6 heteroatoms. The average Bonchev–Trinajstić information content (AvgIpc) is 2.45. The first-order chi connectivity index (χ1) is 9.58. The van der Waals surface area contributed by atoms with Crippen molar-refractivity contribution >= 4 is 11.0 Å². The zero-order valence-corrected chi connectivity index (χ0v) is 11.0. The van der Waals surface area contributed by atoms with Crippen LogP contribution in [-0.4, -0.2) is 24.6 Å². The van der Waals surface area contributed by atoms with Gasteiger partial charge < -0.3 is 5.11 Å². The Morgan fingerprint density at radius 2 is 1.80 bits per heavy atom. The van der Waals surface area contributed by atoms with Crippen LogP contribution in [0.4, 0.5) is 0 Å². The number of benzene rings is 1. The van der Waals surface area contributed by atoms with E-state index in [-0.39, 0.29) is 17.0 Å². The van der Waals surface area contributed by atoms with Gasteiger partial charge in [-0.05, 0) is 32.0 Å². The van der Waals surface area contributed by atoms with Crippen LogP contribution in [0.2, 0.25) is 0 Å². The van der Waals surface area contributed by atoms with E-state index in [1.165, 1.54) is 4.57 Å². The maximum Gasteiger partial charge on any atom is 0.264 e. The highest BCUT2D eigenvalue weighted by atomic mass is 16.3. The van der Waals surface area contributed by atoms with E-state index in [2.05, 4.69) is 15.0 Å². The molecule has 0 aliphatic rings. The molecule has 100 valence electrons. The van der Waals surface area contributed by atoms with Crippen LogP contribution in [0.3, 0.4) is 0 Å². The molecule has 2 aromatic heterocycles. The van der Waals surface area contributed by atoms with Crippen molar-refractivity contribution in [2.24, 2.45) is 0 Å². The Morgan fingerprint density at radius 3 is 2.55 bits per heavy atom. The Hall–Kier alpha value is -2.76. The largest absolute Gasteiger partial charge is 0.493 e. The average molecular weight is 268 g/mol. The van der Waals surface area contributed by atoms with Crippen molar-refractivity contribution in [2.75, 3.05) is 0 Å². The van der Waals surface area contributed by atoms with E-state index >= 15 is 0 Å². The number of aryl methyl sites for hydroxylation is 1. The first-order valence-corrected chi connectivity index (χ1v) is 6.08. The molecule has 0 aliphatic heterocycles. The molecular formula is C14H12N4O2. The lowest BCUT2D eigenvalue weighted by atomic mass is 10.2. The highest BCUT2D eigenvalue weighted by Gasteiger charge is 2.12. The summed E-state index contributed by atoms with van der Waals surface area (Å²) in [4.78, 5) is 24.7. The summed E-state index contributed by atoms with van der Waals surface area (Å²) in [5.41, 5.74) is 2.02. The molecule has 0 spiro atoms. The minimum absolute atomic E-state index is 0.217. The predicted molar refractivity (Wildman–Crippen MR) is 74.1 cm³/mol. The van der Waals surface area contributed by atoms with E-state index in [4.69, 9.17) is 0 Å². The number of aromatic nitrogens is 4. The summed E-state index contributed by atoms with van der Waals surface area (Å²) < 4.78 is 1.45. The molecule has 3 aromatic rings. The monoisotopic (exact) mass is 268 g/mol. The van der Waals surface area contributed by atoms with Gasteiger partial charge in [0.25, 0.3) is 5.56 Å². The van der Waals surface area contributed by atoms with E-state index in [0.29, 0.717) is 17.0 Å². The minimum atomic E-state index is -0.293. The summed E-state index contributed by atoms with van der Waals surface area (Å²) in [6, 6.07) is 5.35. The van der Waals surface area contributed by atoms with Crippen molar-refractivity contribution in [3.63, 3.8) is 0 Å². The second kappa shape index (κ2) is 4.41. The van der Waals surface area contributed by atoms with Gasteiger partial charge in [0.15, 0.2) is 0 Å². The molecule has 1 aromatic carbocycles. The van der Waals surface area contributed by atoms with Crippen molar-refractivity contribution in [1.82, 2.24) is 19.5 Å². The molecule has 1 N–H and O–H groups in total. The zero-order chi connectivity index (χ0) is 14.3. The second-order valence-corrected chi connectivity index (χ2v) is 4.48. The van der Waals surface area contributed by atoms with Gasteiger partial charge in [-0.1, -0.05) is 0 Å². The molecule has 0 unspecified atom stereocenters. The van der Waals surface area contributed by atoms with Gasteiger partial charge in [-0.15, -0.1) is 0 Å². The van der Waals surface area contributed by atoms with Gasteiger partial charge in [0.1, 0.15) is 5.82 Å². The number of fused-ring (bicyclic) bond motifs is 1. The smallest absolute Gasteiger partial charge is 0.264 e.